The first kappa shape index (κ1) is 19.7. The van der Waals surface area contributed by atoms with Crippen molar-refractivity contribution in [3.8, 4) is 0 Å². The van der Waals surface area contributed by atoms with Crippen LogP contribution in [0.2, 0.25) is 0 Å². The molecule has 1 N–H and O–H groups in total. The molecule has 0 fully saturated rings. The lowest BCUT2D eigenvalue weighted by molar-refractivity contribution is -0.169. The maximum absolute atomic E-state index is 11.9. The molecule has 0 saturated heterocycles. The Morgan fingerprint density at radius 3 is 2.43 bits per heavy atom. The molecule has 0 aromatic carbocycles. The fourth-order valence-electron chi connectivity index (χ4n) is 3.37. The summed E-state index contributed by atoms with van der Waals surface area (Å²) in [6.07, 6.45) is 7.97. The maximum atomic E-state index is 11.9. The first-order valence-electron chi connectivity index (χ1n) is 8.62. The van der Waals surface area contributed by atoms with E-state index in [-0.39, 0.29) is 5.78 Å². The molecule has 0 radical (unpaired) electrons. The Bertz CT molecular complexity index is 535. The Hall–Kier alpha value is -1.35. The standard InChI is InChI=1S/C20H32O3/c1-8-9-13(2)10-14(3)11-15(4)12-16(5)18-17(6)19(21)20(7,22)23-18/h11-14,22H,8-10H2,1-7H3. The predicted octanol–water partition coefficient (Wildman–Crippen LogP) is 4.92. The van der Waals surface area contributed by atoms with Crippen LogP contribution in [0, 0.1) is 11.8 Å². The van der Waals surface area contributed by atoms with Gasteiger partial charge < -0.3 is 9.84 Å². The minimum atomic E-state index is -1.73. The largest absolute Gasteiger partial charge is 0.454 e. The van der Waals surface area contributed by atoms with Crippen LogP contribution in [0.15, 0.2) is 34.6 Å². The maximum Gasteiger partial charge on any atom is 0.269 e. The number of carbonyl (C=O) groups excluding carboxylic acids is 1. The molecule has 0 aliphatic carbocycles. The lowest BCUT2D eigenvalue weighted by Crippen LogP contribution is -2.32. The zero-order chi connectivity index (χ0) is 17.8. The van der Waals surface area contributed by atoms with Crippen molar-refractivity contribution in [3.05, 3.63) is 34.6 Å². The number of allylic oxidation sites excluding steroid dienone is 4. The molecule has 0 saturated carbocycles. The second-order valence-corrected chi connectivity index (χ2v) is 7.21. The van der Waals surface area contributed by atoms with E-state index in [1.54, 1.807) is 6.92 Å². The fourth-order valence-corrected chi connectivity index (χ4v) is 3.37. The third kappa shape index (κ3) is 5.35. The van der Waals surface area contributed by atoms with E-state index in [1.807, 2.05) is 13.0 Å². The van der Waals surface area contributed by atoms with E-state index in [2.05, 4.69) is 33.8 Å². The van der Waals surface area contributed by atoms with Crippen molar-refractivity contribution < 1.29 is 14.6 Å². The summed E-state index contributed by atoms with van der Waals surface area (Å²) < 4.78 is 5.43. The second-order valence-electron chi connectivity index (χ2n) is 7.21. The number of carbonyl (C=O) groups is 1. The molecule has 23 heavy (non-hydrogen) atoms. The van der Waals surface area contributed by atoms with E-state index in [9.17, 15) is 9.90 Å². The lowest BCUT2D eigenvalue weighted by Gasteiger charge is -2.17. The Morgan fingerprint density at radius 2 is 1.96 bits per heavy atom. The van der Waals surface area contributed by atoms with Crippen LogP contribution in [-0.2, 0) is 9.53 Å². The average Bonchev–Trinajstić information content (AvgIpc) is 2.62. The van der Waals surface area contributed by atoms with Crippen molar-refractivity contribution in [3.63, 3.8) is 0 Å². The SMILES string of the molecule is CCCC(C)CC(C)C=C(C)C=C(C)C1=C(C)C(=O)C(C)(O)O1. The molecule has 3 nitrogen and oxygen atoms in total. The summed E-state index contributed by atoms with van der Waals surface area (Å²) in [5, 5.41) is 9.93. The van der Waals surface area contributed by atoms with E-state index in [0.717, 1.165) is 17.1 Å². The van der Waals surface area contributed by atoms with Crippen molar-refractivity contribution in [1.82, 2.24) is 0 Å². The summed E-state index contributed by atoms with van der Waals surface area (Å²) in [5.74, 6) is -0.331. The van der Waals surface area contributed by atoms with Gasteiger partial charge in [-0.3, -0.25) is 4.79 Å². The van der Waals surface area contributed by atoms with Crippen molar-refractivity contribution in [1.29, 1.82) is 0 Å². The topological polar surface area (TPSA) is 46.5 Å². The molecule has 1 heterocycles. The summed E-state index contributed by atoms with van der Waals surface area (Å²) in [6, 6.07) is 0. The van der Waals surface area contributed by atoms with Crippen LogP contribution in [-0.4, -0.2) is 16.7 Å². The molecule has 0 amide bonds. The first-order valence-corrected chi connectivity index (χ1v) is 8.62. The predicted molar refractivity (Wildman–Crippen MR) is 94.8 cm³/mol. The van der Waals surface area contributed by atoms with Gasteiger partial charge >= 0.3 is 0 Å². The fraction of sp³-hybridized carbons (Fsp3) is 0.650. The van der Waals surface area contributed by atoms with E-state index >= 15 is 0 Å². The van der Waals surface area contributed by atoms with Gasteiger partial charge in [0.1, 0.15) is 5.76 Å². The molecule has 0 bridgehead atoms. The summed E-state index contributed by atoms with van der Waals surface area (Å²) >= 11 is 0. The van der Waals surface area contributed by atoms with Crippen molar-refractivity contribution in [2.24, 2.45) is 11.8 Å². The van der Waals surface area contributed by atoms with Crippen LogP contribution in [0.25, 0.3) is 0 Å². The number of hydrogen-bond donors (Lipinski definition) is 1. The van der Waals surface area contributed by atoms with Crippen LogP contribution in [0.5, 0.6) is 0 Å². The smallest absolute Gasteiger partial charge is 0.269 e. The molecule has 1 rings (SSSR count). The van der Waals surface area contributed by atoms with Gasteiger partial charge in [0, 0.05) is 12.5 Å². The summed E-state index contributed by atoms with van der Waals surface area (Å²) in [7, 11) is 0. The number of Topliss-reactive ketones (excluding diaryl/α,β-unsaturated/α-hetero) is 1. The van der Waals surface area contributed by atoms with Gasteiger partial charge in [0.15, 0.2) is 0 Å². The van der Waals surface area contributed by atoms with Gasteiger partial charge in [0.2, 0.25) is 5.78 Å². The van der Waals surface area contributed by atoms with E-state index in [4.69, 9.17) is 4.74 Å². The molecule has 130 valence electrons. The molecular formula is C20H32O3. The van der Waals surface area contributed by atoms with E-state index in [0.29, 0.717) is 17.3 Å². The average molecular weight is 320 g/mol. The molecule has 1 aliphatic heterocycles. The normalized spacial score (nSPS) is 25.7. The van der Waals surface area contributed by atoms with Gasteiger partial charge in [-0.2, -0.15) is 0 Å². The lowest BCUT2D eigenvalue weighted by atomic mass is 9.92. The Labute approximate surface area is 141 Å². The van der Waals surface area contributed by atoms with Crippen LogP contribution < -0.4 is 0 Å². The number of ketones is 1. The monoisotopic (exact) mass is 320 g/mol. The van der Waals surface area contributed by atoms with Gasteiger partial charge in [-0.15, -0.1) is 0 Å². The quantitative estimate of drug-likeness (QED) is 0.677. The van der Waals surface area contributed by atoms with Gasteiger partial charge in [-0.25, -0.2) is 0 Å². The Balaban J connectivity index is 2.82. The highest BCUT2D eigenvalue weighted by Crippen LogP contribution is 2.33. The summed E-state index contributed by atoms with van der Waals surface area (Å²) in [6.45, 7) is 13.8. The zero-order valence-corrected chi connectivity index (χ0v) is 15.7. The Morgan fingerprint density at radius 1 is 1.35 bits per heavy atom. The molecule has 3 heteroatoms. The minimum Gasteiger partial charge on any atom is -0.454 e. The second kappa shape index (κ2) is 7.96. The molecule has 1 aliphatic rings. The number of ether oxygens (including phenoxy) is 1. The van der Waals surface area contributed by atoms with Gasteiger partial charge in [0.25, 0.3) is 5.79 Å². The molecule has 0 aromatic heterocycles. The number of hydrogen-bond acceptors (Lipinski definition) is 3. The van der Waals surface area contributed by atoms with Gasteiger partial charge in [0.05, 0.1) is 0 Å². The Kier molecular flexibility index (Phi) is 6.82. The number of aliphatic hydroxyl groups is 1. The minimum absolute atomic E-state index is 0.358. The van der Waals surface area contributed by atoms with Crippen LogP contribution in [0.1, 0.15) is 67.7 Å². The van der Waals surface area contributed by atoms with Crippen molar-refractivity contribution in [2.75, 3.05) is 0 Å². The van der Waals surface area contributed by atoms with Crippen LogP contribution in [0.4, 0.5) is 0 Å². The first-order chi connectivity index (χ1) is 10.6. The number of rotatable bonds is 7. The molecular weight excluding hydrogens is 288 g/mol. The summed E-state index contributed by atoms with van der Waals surface area (Å²) in [5.41, 5.74) is 2.51. The molecule has 0 spiro atoms. The van der Waals surface area contributed by atoms with Crippen LogP contribution >= 0.6 is 0 Å². The zero-order valence-electron chi connectivity index (χ0n) is 15.7. The van der Waals surface area contributed by atoms with Gasteiger partial charge in [-0.1, -0.05) is 51.3 Å². The van der Waals surface area contributed by atoms with E-state index in [1.165, 1.54) is 26.2 Å². The molecule has 0 aromatic rings. The molecule has 3 unspecified atom stereocenters. The third-order valence-corrected chi connectivity index (χ3v) is 4.31. The molecule has 3 atom stereocenters. The third-order valence-electron chi connectivity index (χ3n) is 4.31. The van der Waals surface area contributed by atoms with Crippen LogP contribution in [0.3, 0.4) is 0 Å². The van der Waals surface area contributed by atoms with E-state index < -0.39 is 5.79 Å². The van der Waals surface area contributed by atoms with Crippen molar-refractivity contribution in [2.45, 2.75) is 73.5 Å². The highest BCUT2D eigenvalue weighted by Gasteiger charge is 2.42. The van der Waals surface area contributed by atoms with Crippen molar-refractivity contribution >= 4 is 5.78 Å². The highest BCUT2D eigenvalue weighted by atomic mass is 16.6. The summed E-state index contributed by atoms with van der Waals surface area (Å²) in [4.78, 5) is 11.9. The van der Waals surface area contributed by atoms with Gasteiger partial charge in [-0.05, 0) is 44.6 Å². The highest BCUT2D eigenvalue weighted by molar-refractivity contribution is 6.03.